The van der Waals surface area contributed by atoms with Crippen molar-refractivity contribution in [2.45, 2.75) is 33.4 Å². The van der Waals surface area contributed by atoms with Gasteiger partial charge in [0.25, 0.3) is 0 Å². The van der Waals surface area contributed by atoms with Crippen molar-refractivity contribution in [1.29, 1.82) is 0 Å². The summed E-state index contributed by atoms with van der Waals surface area (Å²) in [7, 11) is -3.21. The first-order valence-electron chi connectivity index (χ1n) is 7.69. The molecule has 1 aromatic rings. The van der Waals surface area contributed by atoms with E-state index in [1.807, 2.05) is 27.0 Å². The van der Waals surface area contributed by atoms with Gasteiger partial charge in [-0.3, -0.25) is 10.00 Å². The van der Waals surface area contributed by atoms with Gasteiger partial charge in [0.2, 0.25) is 10.0 Å². The molecule has 0 spiro atoms. The highest BCUT2D eigenvalue weighted by Gasteiger charge is 2.27. The smallest absolute Gasteiger partial charge is 0.216 e. The Balaban J connectivity index is 1.80. The van der Waals surface area contributed by atoms with E-state index >= 15 is 0 Å². The zero-order valence-electron chi connectivity index (χ0n) is 13.6. The number of nitrogens with one attached hydrogen (secondary N) is 1. The molecule has 1 aliphatic heterocycles. The Morgan fingerprint density at radius 2 is 2.00 bits per heavy atom. The zero-order valence-corrected chi connectivity index (χ0v) is 14.4. The Kier molecular flexibility index (Phi) is 5.96. The second-order valence-corrected chi connectivity index (χ2v) is 8.02. The van der Waals surface area contributed by atoms with Crippen molar-refractivity contribution < 1.29 is 13.2 Å². The van der Waals surface area contributed by atoms with Crippen LogP contribution in [-0.4, -0.2) is 72.5 Å². The molecule has 126 valence electrons. The van der Waals surface area contributed by atoms with Crippen LogP contribution in [0.15, 0.2) is 6.20 Å². The van der Waals surface area contributed by atoms with Crippen LogP contribution < -0.4 is 0 Å². The molecule has 1 aromatic heterocycles. The summed E-state index contributed by atoms with van der Waals surface area (Å²) < 4.78 is 31.4. The van der Waals surface area contributed by atoms with Crippen LogP contribution in [0.4, 0.5) is 0 Å². The van der Waals surface area contributed by atoms with E-state index in [9.17, 15) is 8.42 Å². The highest BCUT2D eigenvalue weighted by Crippen LogP contribution is 2.13. The summed E-state index contributed by atoms with van der Waals surface area (Å²) in [5, 5.41) is 6.94. The van der Waals surface area contributed by atoms with Crippen molar-refractivity contribution in [2.75, 3.05) is 38.5 Å². The van der Waals surface area contributed by atoms with Gasteiger partial charge in [-0.1, -0.05) is 0 Å². The Hall–Kier alpha value is -0.960. The third-order valence-corrected chi connectivity index (χ3v) is 5.68. The predicted octanol–water partition coefficient (Wildman–Crippen LogP) is 0.591. The molecule has 0 bridgehead atoms. The van der Waals surface area contributed by atoms with Gasteiger partial charge in [0.05, 0.1) is 24.7 Å². The largest absolute Gasteiger partial charge is 0.378 e. The molecular formula is C14H26N4O3S. The number of sulfonamides is 1. The third-order valence-electron chi connectivity index (χ3n) is 3.85. The van der Waals surface area contributed by atoms with Gasteiger partial charge in [0.1, 0.15) is 0 Å². The first-order valence-corrected chi connectivity index (χ1v) is 9.30. The fraction of sp³-hybridized carbons (Fsp3) is 0.786. The van der Waals surface area contributed by atoms with E-state index in [1.54, 1.807) is 4.31 Å². The number of aromatic nitrogens is 2. The van der Waals surface area contributed by atoms with Gasteiger partial charge < -0.3 is 4.74 Å². The molecule has 2 rings (SSSR count). The van der Waals surface area contributed by atoms with Gasteiger partial charge in [0, 0.05) is 44.0 Å². The lowest BCUT2D eigenvalue weighted by Crippen LogP contribution is -2.49. The van der Waals surface area contributed by atoms with E-state index in [4.69, 9.17) is 4.74 Å². The zero-order chi connectivity index (χ0) is 16.2. The molecule has 0 aromatic carbocycles. The van der Waals surface area contributed by atoms with Crippen LogP contribution in [0.3, 0.4) is 0 Å². The lowest BCUT2D eigenvalue weighted by Gasteiger charge is -2.33. The summed E-state index contributed by atoms with van der Waals surface area (Å²) in [5.74, 6) is 0.0615. The molecule has 1 N–H and O–H groups in total. The van der Waals surface area contributed by atoms with Crippen LogP contribution in [-0.2, 0) is 21.3 Å². The van der Waals surface area contributed by atoms with Crippen LogP contribution in [0.1, 0.15) is 25.1 Å². The minimum absolute atomic E-state index is 0.0604. The van der Waals surface area contributed by atoms with E-state index in [0.717, 1.165) is 25.3 Å². The molecule has 7 nitrogen and oxygen atoms in total. The molecule has 0 amide bonds. The van der Waals surface area contributed by atoms with Crippen LogP contribution in [0.25, 0.3) is 0 Å². The number of aromatic amines is 1. The number of ether oxygens (including phenoxy) is 1. The molecule has 2 heterocycles. The van der Waals surface area contributed by atoms with Crippen molar-refractivity contribution >= 4 is 10.0 Å². The number of hydrogen-bond donors (Lipinski definition) is 1. The summed E-state index contributed by atoms with van der Waals surface area (Å²) in [5.41, 5.74) is 2.24. The molecule has 8 heteroatoms. The monoisotopic (exact) mass is 330 g/mol. The normalized spacial score (nSPS) is 18.2. The molecule has 1 saturated heterocycles. The molecule has 1 fully saturated rings. The van der Waals surface area contributed by atoms with Gasteiger partial charge in [-0.25, -0.2) is 8.42 Å². The van der Waals surface area contributed by atoms with Gasteiger partial charge in [0.15, 0.2) is 0 Å². The lowest BCUT2D eigenvalue weighted by atomic mass is 10.2. The van der Waals surface area contributed by atoms with Crippen molar-refractivity contribution in [3.8, 4) is 0 Å². The Labute approximate surface area is 132 Å². The van der Waals surface area contributed by atoms with E-state index in [-0.39, 0.29) is 18.5 Å². The maximum absolute atomic E-state index is 12.3. The standard InChI is InChI=1S/C14H26N4O3S/c1-12(2)21-8-9-22(19,20)18-6-4-17(5-7-18)11-14-10-15-16-13(14)3/h10,12H,4-9,11H2,1-3H3,(H,15,16). The fourth-order valence-electron chi connectivity index (χ4n) is 2.46. The van der Waals surface area contributed by atoms with E-state index < -0.39 is 10.0 Å². The molecule has 0 atom stereocenters. The number of H-pyrrole nitrogens is 1. The van der Waals surface area contributed by atoms with Crippen LogP contribution in [0.5, 0.6) is 0 Å². The minimum Gasteiger partial charge on any atom is -0.378 e. The Morgan fingerprint density at radius 3 is 2.55 bits per heavy atom. The quantitative estimate of drug-likeness (QED) is 0.792. The SMILES string of the molecule is Cc1[nH]ncc1CN1CCN(S(=O)(=O)CCOC(C)C)CC1. The fourth-order valence-corrected chi connectivity index (χ4v) is 3.74. The van der Waals surface area contributed by atoms with Crippen molar-refractivity contribution in [1.82, 2.24) is 19.4 Å². The average molecular weight is 330 g/mol. The highest BCUT2D eigenvalue weighted by molar-refractivity contribution is 7.89. The Bertz CT molecular complexity index is 562. The number of aryl methyl sites for hydroxylation is 1. The van der Waals surface area contributed by atoms with Crippen LogP contribution in [0.2, 0.25) is 0 Å². The van der Waals surface area contributed by atoms with Gasteiger partial charge >= 0.3 is 0 Å². The lowest BCUT2D eigenvalue weighted by molar-refractivity contribution is 0.0902. The maximum atomic E-state index is 12.3. The summed E-state index contributed by atoms with van der Waals surface area (Å²) in [6.07, 6.45) is 1.90. The second kappa shape index (κ2) is 7.54. The number of hydrogen-bond acceptors (Lipinski definition) is 5. The molecule has 22 heavy (non-hydrogen) atoms. The van der Waals surface area contributed by atoms with E-state index in [1.165, 1.54) is 5.56 Å². The summed E-state index contributed by atoms with van der Waals surface area (Å²) in [6, 6.07) is 0. The number of piperazine rings is 1. The first kappa shape index (κ1) is 17.4. The van der Waals surface area contributed by atoms with Crippen molar-refractivity contribution in [2.24, 2.45) is 0 Å². The third kappa shape index (κ3) is 4.77. The van der Waals surface area contributed by atoms with E-state index in [2.05, 4.69) is 15.1 Å². The van der Waals surface area contributed by atoms with Gasteiger partial charge in [-0.2, -0.15) is 9.40 Å². The second-order valence-electron chi connectivity index (χ2n) is 5.93. The maximum Gasteiger partial charge on any atom is 0.216 e. The minimum atomic E-state index is -3.21. The molecule has 1 aliphatic rings. The molecular weight excluding hydrogens is 304 g/mol. The topological polar surface area (TPSA) is 78.5 Å². The number of rotatable bonds is 7. The summed E-state index contributed by atoms with van der Waals surface area (Å²) in [6.45, 7) is 9.46. The van der Waals surface area contributed by atoms with Crippen LogP contribution >= 0.6 is 0 Å². The molecule has 0 saturated carbocycles. The predicted molar refractivity (Wildman–Crippen MR) is 85.0 cm³/mol. The van der Waals surface area contributed by atoms with Crippen molar-refractivity contribution in [3.05, 3.63) is 17.5 Å². The summed E-state index contributed by atoms with van der Waals surface area (Å²) in [4.78, 5) is 2.26. The van der Waals surface area contributed by atoms with Crippen molar-refractivity contribution in [3.63, 3.8) is 0 Å². The van der Waals surface area contributed by atoms with Gasteiger partial charge in [-0.15, -0.1) is 0 Å². The summed E-state index contributed by atoms with van der Waals surface area (Å²) >= 11 is 0. The van der Waals surface area contributed by atoms with E-state index in [0.29, 0.717) is 13.1 Å². The Morgan fingerprint density at radius 1 is 1.32 bits per heavy atom. The molecule has 0 aliphatic carbocycles. The molecule has 0 unspecified atom stereocenters. The van der Waals surface area contributed by atoms with Gasteiger partial charge in [-0.05, 0) is 20.8 Å². The molecule has 0 radical (unpaired) electrons. The highest BCUT2D eigenvalue weighted by atomic mass is 32.2. The average Bonchev–Trinajstić information content (AvgIpc) is 2.84. The first-order chi connectivity index (χ1) is 10.4. The van der Waals surface area contributed by atoms with Crippen LogP contribution in [0, 0.1) is 6.92 Å². The number of nitrogens with zero attached hydrogens (tertiary/aromatic N) is 3.